The molecule has 90 heavy (non-hydrogen) atoms. The second kappa shape index (κ2) is 20.3. The van der Waals surface area contributed by atoms with Crippen LogP contribution in [0, 0.1) is 0 Å². The minimum absolute atomic E-state index is 0.210. The smallest absolute Gasteiger partial charge is 0.205 e. The quantitative estimate of drug-likeness (QED) is 0.0969. The summed E-state index contributed by atoms with van der Waals surface area (Å²) in [6.07, 6.45) is -26.2. The number of aromatic nitrogens is 3. The fraction of sp³-hybridized carbons (Fsp3) is 0.900. The van der Waals surface area contributed by atoms with Crippen LogP contribution in [0.2, 0.25) is 0 Å². The Morgan fingerprint density at radius 2 is 0.189 bits per heavy atom. The fourth-order valence-corrected chi connectivity index (χ4v) is 5.30. The molecule has 0 aliphatic heterocycles. The van der Waals surface area contributed by atoms with Crippen molar-refractivity contribution in [2.45, 2.75) is 161 Å². The van der Waals surface area contributed by atoms with Gasteiger partial charge in [0.05, 0.1) is 0 Å². The molecule has 1 heterocycles. The first-order valence-electron chi connectivity index (χ1n) is 18.9. The molecule has 0 fully saturated rings. The van der Waals surface area contributed by atoms with Gasteiger partial charge in [0.2, 0.25) is 17.5 Å². The van der Waals surface area contributed by atoms with Gasteiger partial charge in [-0.05, 0) is 0 Å². The van der Waals surface area contributed by atoms with E-state index in [0.717, 1.165) is 0 Å². The molecule has 60 heteroatoms. The lowest BCUT2D eigenvalue weighted by atomic mass is 9.86. The van der Waals surface area contributed by atoms with Gasteiger partial charge in [0.15, 0.2) is 0 Å². The molecule has 0 saturated carbocycles. The van der Waals surface area contributed by atoms with Crippen molar-refractivity contribution in [3.63, 3.8) is 0 Å². The number of hydrogen-bond donors (Lipinski definition) is 0. The molecule has 0 atom stereocenters. The Morgan fingerprint density at radius 3 is 0.278 bits per heavy atom. The molecule has 0 amide bonds. The predicted octanol–water partition coefficient (Wildman–Crippen LogP) is 18.2. The van der Waals surface area contributed by atoms with Crippen molar-refractivity contribution in [2.75, 3.05) is 0 Å². The molecule has 1 aromatic heterocycles. The Balaban J connectivity index is 5.09. The lowest BCUT2D eigenvalue weighted by Crippen LogP contribution is -2.75. The zero-order chi connectivity index (χ0) is 74.4. The van der Waals surface area contributed by atoms with Gasteiger partial charge in [-0.2, -0.15) is 250 Å². The Hall–Kier alpha value is -4.98. The van der Waals surface area contributed by atoms with Crippen molar-refractivity contribution in [1.82, 2.24) is 15.0 Å². The third kappa shape index (κ3) is 9.61. The van der Waals surface area contributed by atoms with Gasteiger partial charge in [-0.1, -0.05) is 0 Å². The SMILES string of the molecule is FC(F)(F)C(F)(F)C(F)(F)C(F)(F)C(F)(F)C(F)(F)C(F)(F)C(F)(F)C(F)(F)c1nc(C(F)(F)C(F)(F)C(F)(F)C(F)(F)C(F)(F)C(F)(F)C(F)(F)C(F)(F)C(F)(F)F)nc(C(F)(F)C(F)(F)C(F)(F)C(F)(F)C(F)(F)C(F)(F)C(F)(F)C(F)(F)C(F)(F)F)n1. The Bertz CT molecular complexity index is 2470. The summed E-state index contributed by atoms with van der Waals surface area (Å²) in [6.45, 7) is 0. The maximum atomic E-state index is 15.2. The molecule has 534 valence electrons. The molecule has 0 aromatic carbocycles. The van der Waals surface area contributed by atoms with Gasteiger partial charge >= 0.3 is 161 Å². The van der Waals surface area contributed by atoms with Crippen molar-refractivity contribution in [2.24, 2.45) is 0 Å². The third-order valence-corrected chi connectivity index (χ3v) is 10.8. The highest BCUT2D eigenvalue weighted by Gasteiger charge is 3.01. The Labute approximate surface area is 444 Å². The van der Waals surface area contributed by atoms with E-state index in [4.69, 9.17) is 0 Å². The molecule has 0 spiro atoms. The highest BCUT2D eigenvalue weighted by molar-refractivity contribution is 5.26. The maximum Gasteiger partial charge on any atom is 0.460 e. The number of alkyl halides is 57. The van der Waals surface area contributed by atoms with Crippen LogP contribution in [0.25, 0.3) is 0 Å². The van der Waals surface area contributed by atoms with Gasteiger partial charge in [0.1, 0.15) is 0 Å². The Morgan fingerprint density at radius 1 is 0.111 bits per heavy atom. The van der Waals surface area contributed by atoms with E-state index in [-0.39, 0.29) is 15.0 Å². The monoisotopic (exact) mass is 1480 g/mol. The lowest BCUT2D eigenvalue weighted by Gasteiger charge is -2.44. The van der Waals surface area contributed by atoms with E-state index in [2.05, 4.69) is 0 Å². The van der Waals surface area contributed by atoms with E-state index in [0.29, 0.717) is 0 Å². The molecule has 0 unspecified atom stereocenters. The van der Waals surface area contributed by atoms with Crippen LogP contribution >= 0.6 is 0 Å². The van der Waals surface area contributed by atoms with E-state index in [1.807, 2.05) is 0 Å². The maximum absolute atomic E-state index is 15.2. The average molecular weight is 1490 g/mol. The van der Waals surface area contributed by atoms with Gasteiger partial charge in [-0.3, -0.25) is 0 Å². The number of nitrogens with zero attached hydrogens (tertiary/aromatic N) is 3. The van der Waals surface area contributed by atoms with Gasteiger partial charge < -0.3 is 0 Å². The van der Waals surface area contributed by atoms with E-state index < -0.39 is 178 Å². The molecule has 0 radical (unpaired) electrons. The number of rotatable bonds is 24. The van der Waals surface area contributed by atoms with Crippen LogP contribution < -0.4 is 0 Å². The summed E-state index contributed by atoms with van der Waals surface area (Å²) in [5, 5.41) is 0. The summed E-state index contributed by atoms with van der Waals surface area (Å²) in [5.74, 6) is -262. The first-order valence-corrected chi connectivity index (χ1v) is 18.9. The molecule has 0 aliphatic carbocycles. The molecule has 0 bridgehead atoms. The normalized spacial score (nSPS) is 17.2. The fourth-order valence-electron chi connectivity index (χ4n) is 5.30. The minimum atomic E-state index is -10.6. The van der Waals surface area contributed by atoms with Crippen molar-refractivity contribution in [3.8, 4) is 0 Å². The molecule has 1 rings (SSSR count). The summed E-state index contributed by atoms with van der Waals surface area (Å²) in [6, 6.07) is 0. The van der Waals surface area contributed by atoms with Crippen LogP contribution in [0.4, 0.5) is 250 Å². The summed E-state index contributed by atoms with van der Waals surface area (Å²) in [4.78, 5) is -0.631. The molecular formula is C30F57N3. The van der Waals surface area contributed by atoms with Gasteiger partial charge in [-0.15, -0.1) is 0 Å². The second-order valence-electron chi connectivity index (χ2n) is 16.6. The van der Waals surface area contributed by atoms with E-state index >= 15 is 26.3 Å². The third-order valence-electron chi connectivity index (χ3n) is 10.8. The molecule has 1 aromatic rings. The van der Waals surface area contributed by atoms with E-state index in [1.54, 1.807) is 0 Å². The topological polar surface area (TPSA) is 38.7 Å². The van der Waals surface area contributed by atoms with Crippen LogP contribution in [0.3, 0.4) is 0 Å². The average Bonchev–Trinajstić information content (AvgIpc) is 3.31. The summed E-state index contributed by atoms with van der Waals surface area (Å²) < 4.78 is 793. The minimum Gasteiger partial charge on any atom is -0.205 e. The number of halogens is 57. The largest absolute Gasteiger partial charge is 0.460 e. The van der Waals surface area contributed by atoms with Crippen LogP contribution in [0.1, 0.15) is 17.5 Å². The van der Waals surface area contributed by atoms with Crippen LogP contribution in [-0.4, -0.2) is 158 Å². The standard InChI is InChI=1S/C30F57N3/c31-4(32,7(37,38)10(43,44)13(49,50)16(55,56)19(61,62)22(67,68)25(73,74)28(79,80)81)1-88-2(5(33,34)8(39,40)11(45,46)14(51,52)17(57,58)20(63,64)23(69,70)26(75,76)29(82,83)84)90-3(89-1)6(35,36)9(41,42)12(47,48)15(53,54)18(59,60)21(65,66)24(71,72)27(77,78)30(85,86)87. The van der Waals surface area contributed by atoms with Crippen LogP contribution in [0.15, 0.2) is 0 Å². The predicted molar refractivity (Wildman–Crippen MR) is 154 cm³/mol. The first kappa shape index (κ1) is 83.0. The summed E-state index contributed by atoms with van der Waals surface area (Å²) >= 11 is 0. The van der Waals surface area contributed by atoms with Gasteiger partial charge in [0.25, 0.3) is 0 Å². The molecule has 3 nitrogen and oxygen atoms in total. The van der Waals surface area contributed by atoms with Crippen molar-refractivity contribution in [3.05, 3.63) is 17.5 Å². The number of hydrogen-bond acceptors (Lipinski definition) is 3. The highest BCUT2D eigenvalue weighted by Crippen LogP contribution is 2.71. The lowest BCUT2D eigenvalue weighted by molar-refractivity contribution is -0.470. The van der Waals surface area contributed by atoms with E-state index in [1.165, 1.54) is 0 Å². The van der Waals surface area contributed by atoms with Gasteiger partial charge in [-0.25, -0.2) is 15.0 Å². The Kier molecular flexibility index (Phi) is 18.7. The second-order valence-corrected chi connectivity index (χ2v) is 16.6. The first-order chi connectivity index (χ1) is 37.8. The molecular weight excluding hydrogens is 1490 g/mol. The zero-order valence-electron chi connectivity index (χ0n) is 37.9. The van der Waals surface area contributed by atoms with Gasteiger partial charge in [0, 0.05) is 0 Å². The van der Waals surface area contributed by atoms with E-state index in [9.17, 15) is 224 Å². The molecule has 0 N–H and O–H groups in total. The highest BCUT2D eigenvalue weighted by atomic mass is 19.5. The van der Waals surface area contributed by atoms with Crippen LogP contribution in [-0.2, 0) is 17.8 Å². The molecule has 0 aliphatic rings. The summed E-state index contributed by atoms with van der Waals surface area (Å²) in [7, 11) is 0. The van der Waals surface area contributed by atoms with Crippen molar-refractivity contribution < 1.29 is 250 Å². The molecule has 0 saturated heterocycles. The zero-order valence-corrected chi connectivity index (χ0v) is 37.9. The van der Waals surface area contributed by atoms with Crippen LogP contribution in [0.5, 0.6) is 0 Å². The summed E-state index contributed by atoms with van der Waals surface area (Å²) in [5.41, 5.74) is 0. The van der Waals surface area contributed by atoms with Crippen molar-refractivity contribution >= 4 is 0 Å². The van der Waals surface area contributed by atoms with Crippen molar-refractivity contribution in [1.29, 1.82) is 0 Å².